The van der Waals surface area contributed by atoms with Crippen molar-refractivity contribution in [3.05, 3.63) is 41.0 Å². The summed E-state index contributed by atoms with van der Waals surface area (Å²) in [5, 5.41) is 0. The van der Waals surface area contributed by atoms with Gasteiger partial charge in [-0.2, -0.15) is 0 Å². The van der Waals surface area contributed by atoms with Gasteiger partial charge in [0, 0.05) is 18.9 Å². The number of Topliss-reactive ketones (excluding diaryl/α,β-unsaturated/α-hetero) is 1. The number of likely N-dealkylation sites (N-methyl/N-ethyl adjacent to an activating group) is 1. The van der Waals surface area contributed by atoms with Crippen LogP contribution in [0.3, 0.4) is 0 Å². The SMILES string of the molecule is COc1ccc(CCC(=O)CC2c3c(cc4c(c3OC)OCO4)CC[N+]2(C)C)c(OC)c1. The lowest BCUT2D eigenvalue weighted by atomic mass is 9.86. The first-order chi connectivity index (χ1) is 15.4. The highest BCUT2D eigenvalue weighted by atomic mass is 16.7. The topological polar surface area (TPSA) is 63.2 Å². The molecule has 0 fully saturated rings. The van der Waals surface area contributed by atoms with E-state index in [1.807, 2.05) is 18.2 Å². The van der Waals surface area contributed by atoms with Gasteiger partial charge in [-0.1, -0.05) is 6.07 Å². The number of ketones is 1. The van der Waals surface area contributed by atoms with E-state index in [1.54, 1.807) is 21.3 Å². The van der Waals surface area contributed by atoms with E-state index < -0.39 is 0 Å². The molecule has 0 aromatic heterocycles. The van der Waals surface area contributed by atoms with Crippen LogP contribution in [0.15, 0.2) is 24.3 Å². The Bertz CT molecular complexity index is 1020. The number of quaternary nitrogens is 1. The number of nitrogens with zero attached hydrogens (tertiary/aromatic N) is 1. The summed E-state index contributed by atoms with van der Waals surface area (Å²) in [6.07, 6.45) is 2.41. The van der Waals surface area contributed by atoms with Crippen molar-refractivity contribution in [3.8, 4) is 28.7 Å². The summed E-state index contributed by atoms with van der Waals surface area (Å²) in [6, 6.07) is 7.76. The maximum Gasteiger partial charge on any atom is 0.231 e. The van der Waals surface area contributed by atoms with Crippen molar-refractivity contribution in [3.63, 3.8) is 0 Å². The summed E-state index contributed by atoms with van der Waals surface area (Å²) in [7, 11) is 9.27. The molecule has 2 aromatic carbocycles. The highest BCUT2D eigenvalue weighted by Gasteiger charge is 2.42. The molecule has 0 saturated carbocycles. The van der Waals surface area contributed by atoms with E-state index in [1.165, 1.54) is 5.56 Å². The lowest BCUT2D eigenvalue weighted by Crippen LogP contribution is -2.48. The van der Waals surface area contributed by atoms with Gasteiger partial charge < -0.3 is 28.2 Å². The van der Waals surface area contributed by atoms with Gasteiger partial charge in [-0.3, -0.25) is 4.79 Å². The molecule has 0 spiro atoms. The molecule has 0 bridgehead atoms. The molecule has 1 unspecified atom stereocenters. The lowest BCUT2D eigenvalue weighted by Gasteiger charge is -2.43. The maximum absolute atomic E-state index is 13.2. The number of fused-ring (bicyclic) bond motifs is 2. The fraction of sp³-hybridized carbons (Fsp3) is 0.480. The van der Waals surface area contributed by atoms with E-state index in [0.717, 1.165) is 45.8 Å². The van der Waals surface area contributed by atoms with Crippen LogP contribution in [0.1, 0.15) is 35.6 Å². The number of carbonyl (C=O) groups excluding carboxylic acids is 1. The average Bonchev–Trinajstić information content (AvgIpc) is 3.26. The number of rotatable bonds is 8. The molecule has 2 aliphatic heterocycles. The Balaban J connectivity index is 1.56. The van der Waals surface area contributed by atoms with Crippen LogP contribution in [-0.2, 0) is 17.6 Å². The standard InChI is InChI=1S/C25H32NO6/c1-26(2)11-10-17-12-22-24(32-15-31-22)25(30-5)23(17)20(26)13-18(27)8-6-16-7-9-19(28-3)14-21(16)29-4/h7,9,12,14,20H,6,8,10-11,13,15H2,1-5H3/q+1. The minimum absolute atomic E-state index is 0.00605. The van der Waals surface area contributed by atoms with E-state index in [4.69, 9.17) is 23.7 Å². The third-order valence-corrected chi connectivity index (χ3v) is 6.67. The molecule has 172 valence electrons. The van der Waals surface area contributed by atoms with Crippen LogP contribution in [0.2, 0.25) is 0 Å². The van der Waals surface area contributed by atoms with Crippen LogP contribution in [0.4, 0.5) is 0 Å². The molecule has 0 aliphatic carbocycles. The Morgan fingerprint density at radius 1 is 1.09 bits per heavy atom. The second-order valence-corrected chi connectivity index (χ2v) is 8.91. The highest BCUT2D eigenvalue weighted by molar-refractivity contribution is 5.80. The summed E-state index contributed by atoms with van der Waals surface area (Å²) in [5.74, 6) is 3.77. The first-order valence-corrected chi connectivity index (χ1v) is 10.9. The predicted molar refractivity (Wildman–Crippen MR) is 120 cm³/mol. The Morgan fingerprint density at radius 3 is 2.62 bits per heavy atom. The van der Waals surface area contributed by atoms with Crippen LogP contribution in [0, 0.1) is 0 Å². The number of carbonyl (C=O) groups is 1. The van der Waals surface area contributed by atoms with Gasteiger partial charge in [-0.15, -0.1) is 0 Å². The molecule has 7 heteroatoms. The van der Waals surface area contributed by atoms with E-state index in [9.17, 15) is 4.79 Å². The number of aryl methyl sites for hydroxylation is 1. The van der Waals surface area contributed by atoms with Crippen molar-refractivity contribution in [2.45, 2.75) is 31.7 Å². The van der Waals surface area contributed by atoms with E-state index in [0.29, 0.717) is 30.8 Å². The largest absolute Gasteiger partial charge is 0.497 e. The molecule has 0 amide bonds. The van der Waals surface area contributed by atoms with Gasteiger partial charge in [0.2, 0.25) is 12.5 Å². The van der Waals surface area contributed by atoms with Gasteiger partial charge in [-0.05, 0) is 29.7 Å². The van der Waals surface area contributed by atoms with Crippen LogP contribution in [-0.4, -0.2) is 59.0 Å². The zero-order valence-corrected chi connectivity index (χ0v) is 19.5. The van der Waals surface area contributed by atoms with Crippen molar-refractivity contribution < 1.29 is 33.0 Å². The predicted octanol–water partition coefficient (Wildman–Crippen LogP) is 3.71. The molecule has 2 aromatic rings. The summed E-state index contributed by atoms with van der Waals surface area (Å²) in [6.45, 7) is 1.14. The number of hydrogen-bond donors (Lipinski definition) is 0. The Hall–Kier alpha value is -2.93. The van der Waals surface area contributed by atoms with Gasteiger partial charge in [0.15, 0.2) is 11.5 Å². The molecule has 0 radical (unpaired) electrons. The molecule has 32 heavy (non-hydrogen) atoms. The minimum atomic E-state index is -0.00605. The number of benzene rings is 2. The van der Waals surface area contributed by atoms with Gasteiger partial charge in [0.25, 0.3) is 0 Å². The van der Waals surface area contributed by atoms with E-state index in [2.05, 4.69) is 20.2 Å². The summed E-state index contributed by atoms with van der Waals surface area (Å²) < 4.78 is 28.6. The van der Waals surface area contributed by atoms with Crippen molar-refractivity contribution in [1.82, 2.24) is 0 Å². The summed E-state index contributed by atoms with van der Waals surface area (Å²) in [5.41, 5.74) is 3.25. The van der Waals surface area contributed by atoms with Gasteiger partial charge in [-0.25, -0.2) is 0 Å². The first kappa shape index (κ1) is 22.3. The summed E-state index contributed by atoms with van der Waals surface area (Å²) in [4.78, 5) is 13.2. The zero-order chi connectivity index (χ0) is 22.9. The normalized spacial score (nSPS) is 18.1. The minimum Gasteiger partial charge on any atom is -0.497 e. The molecule has 4 rings (SSSR count). The Labute approximate surface area is 189 Å². The van der Waals surface area contributed by atoms with Crippen molar-refractivity contribution >= 4 is 5.78 Å². The van der Waals surface area contributed by atoms with E-state index in [-0.39, 0.29) is 18.6 Å². The van der Waals surface area contributed by atoms with Crippen molar-refractivity contribution in [2.75, 3.05) is 48.8 Å². The summed E-state index contributed by atoms with van der Waals surface area (Å²) >= 11 is 0. The van der Waals surface area contributed by atoms with Crippen molar-refractivity contribution in [2.24, 2.45) is 0 Å². The lowest BCUT2D eigenvalue weighted by molar-refractivity contribution is -0.922. The van der Waals surface area contributed by atoms with E-state index >= 15 is 0 Å². The Morgan fingerprint density at radius 2 is 1.91 bits per heavy atom. The molecule has 0 N–H and O–H groups in total. The van der Waals surface area contributed by atoms with Gasteiger partial charge >= 0.3 is 0 Å². The van der Waals surface area contributed by atoms with Crippen LogP contribution < -0.4 is 23.7 Å². The third-order valence-electron chi connectivity index (χ3n) is 6.67. The Kier molecular flexibility index (Phi) is 6.20. The van der Waals surface area contributed by atoms with Gasteiger partial charge in [0.05, 0.1) is 54.0 Å². The molecule has 2 aliphatic rings. The number of ether oxygens (including phenoxy) is 5. The molecule has 0 saturated heterocycles. The molecular weight excluding hydrogens is 410 g/mol. The second kappa shape index (κ2) is 8.90. The van der Waals surface area contributed by atoms with Crippen LogP contribution in [0.5, 0.6) is 28.7 Å². The molecule has 1 atom stereocenters. The average molecular weight is 443 g/mol. The van der Waals surface area contributed by atoms with Crippen molar-refractivity contribution in [1.29, 1.82) is 0 Å². The zero-order valence-electron chi connectivity index (χ0n) is 19.5. The number of hydrogen-bond acceptors (Lipinski definition) is 6. The monoisotopic (exact) mass is 442 g/mol. The molecular formula is C25H32NO6+. The fourth-order valence-electron chi connectivity index (χ4n) is 4.77. The molecule has 2 heterocycles. The second-order valence-electron chi connectivity index (χ2n) is 8.91. The fourth-order valence-corrected chi connectivity index (χ4v) is 4.77. The van der Waals surface area contributed by atoms with Crippen LogP contribution in [0.25, 0.3) is 0 Å². The third kappa shape index (κ3) is 4.09. The van der Waals surface area contributed by atoms with Crippen LogP contribution >= 0.6 is 0 Å². The van der Waals surface area contributed by atoms with Gasteiger partial charge in [0.1, 0.15) is 23.3 Å². The smallest absolute Gasteiger partial charge is 0.231 e. The number of methoxy groups -OCH3 is 3. The maximum atomic E-state index is 13.2. The molecule has 7 nitrogen and oxygen atoms in total. The first-order valence-electron chi connectivity index (χ1n) is 10.9. The quantitative estimate of drug-likeness (QED) is 0.581. The highest BCUT2D eigenvalue weighted by Crippen LogP contribution is 2.51.